The Morgan fingerprint density at radius 1 is 0.964 bits per heavy atom. The maximum absolute atomic E-state index is 12.5. The van der Waals surface area contributed by atoms with Crippen LogP contribution < -0.4 is 5.32 Å². The number of rotatable bonds is 3. The zero-order valence-corrected chi connectivity index (χ0v) is 14.1. The highest BCUT2D eigenvalue weighted by atomic mass is 19.4. The molecule has 4 rings (SSSR count). The Kier molecular flexibility index (Phi) is 4.22. The minimum absolute atomic E-state index is 0.0137. The predicted molar refractivity (Wildman–Crippen MR) is 94.1 cm³/mol. The lowest BCUT2D eigenvalue weighted by atomic mass is 10.1. The molecule has 0 saturated heterocycles. The Labute approximate surface area is 155 Å². The lowest BCUT2D eigenvalue weighted by molar-refractivity contribution is -0.167. The number of nitrogens with one attached hydrogen (secondary N) is 1. The van der Waals surface area contributed by atoms with E-state index < -0.39 is 12.1 Å². The van der Waals surface area contributed by atoms with Crippen LogP contribution in [0.3, 0.4) is 0 Å². The Balaban J connectivity index is 1.72. The summed E-state index contributed by atoms with van der Waals surface area (Å²) in [7, 11) is 0. The molecule has 0 spiro atoms. The molecule has 140 valence electrons. The number of halogens is 3. The Bertz CT molecular complexity index is 1160. The molecule has 1 amide bonds. The zero-order chi connectivity index (χ0) is 19.7. The summed E-state index contributed by atoms with van der Waals surface area (Å²) in [5.74, 6) is -1.53. The van der Waals surface area contributed by atoms with Gasteiger partial charge in [0.15, 0.2) is 11.5 Å². The fourth-order valence-corrected chi connectivity index (χ4v) is 2.58. The quantitative estimate of drug-likeness (QED) is 0.586. The topological polar surface area (TPSA) is 85.1 Å². The minimum Gasteiger partial charge on any atom is -0.318 e. The standard InChI is InChI=1S/C18H11F3N6O/c19-18(20,21)17(28)23-13-3-1-2-12(10-13)14-4-5-15-24-25-16(27(15)26-14)11-6-8-22-9-7-11/h1-10H,(H,23,28). The number of hydrogen-bond acceptors (Lipinski definition) is 5. The van der Waals surface area contributed by atoms with Gasteiger partial charge >= 0.3 is 12.1 Å². The van der Waals surface area contributed by atoms with E-state index >= 15 is 0 Å². The van der Waals surface area contributed by atoms with Crippen LogP contribution in [0.25, 0.3) is 28.3 Å². The van der Waals surface area contributed by atoms with Gasteiger partial charge in [0, 0.05) is 29.2 Å². The Morgan fingerprint density at radius 3 is 2.50 bits per heavy atom. The lowest BCUT2D eigenvalue weighted by Gasteiger charge is -2.09. The number of benzene rings is 1. The maximum atomic E-state index is 12.5. The Hall–Kier alpha value is -3.82. The molecule has 0 aliphatic heterocycles. The van der Waals surface area contributed by atoms with Crippen molar-refractivity contribution in [1.29, 1.82) is 0 Å². The summed E-state index contributed by atoms with van der Waals surface area (Å²) in [4.78, 5) is 15.1. The summed E-state index contributed by atoms with van der Waals surface area (Å²) >= 11 is 0. The van der Waals surface area contributed by atoms with Crippen LogP contribution in [0.4, 0.5) is 18.9 Å². The van der Waals surface area contributed by atoms with Gasteiger partial charge in [-0.3, -0.25) is 9.78 Å². The monoisotopic (exact) mass is 384 g/mol. The molecular weight excluding hydrogens is 373 g/mol. The smallest absolute Gasteiger partial charge is 0.318 e. The van der Waals surface area contributed by atoms with Gasteiger partial charge in [-0.1, -0.05) is 12.1 Å². The van der Waals surface area contributed by atoms with Crippen molar-refractivity contribution in [3.63, 3.8) is 0 Å². The van der Waals surface area contributed by atoms with Crippen molar-refractivity contribution in [1.82, 2.24) is 24.8 Å². The maximum Gasteiger partial charge on any atom is 0.471 e. The van der Waals surface area contributed by atoms with Crippen molar-refractivity contribution in [3.8, 4) is 22.6 Å². The van der Waals surface area contributed by atoms with Crippen LogP contribution in [0.15, 0.2) is 60.9 Å². The molecule has 4 aromatic rings. The van der Waals surface area contributed by atoms with E-state index in [1.54, 1.807) is 42.7 Å². The fourth-order valence-electron chi connectivity index (χ4n) is 2.58. The second-order valence-corrected chi connectivity index (χ2v) is 5.78. The number of amides is 1. The third-order valence-corrected chi connectivity index (χ3v) is 3.88. The predicted octanol–water partition coefficient (Wildman–Crippen LogP) is 3.35. The number of carbonyl (C=O) groups excluding carboxylic acids is 1. The van der Waals surface area contributed by atoms with Crippen molar-refractivity contribution in [2.75, 3.05) is 5.32 Å². The number of nitrogens with zero attached hydrogens (tertiary/aromatic N) is 5. The van der Waals surface area contributed by atoms with E-state index in [4.69, 9.17) is 0 Å². The first-order chi connectivity index (χ1) is 13.4. The van der Waals surface area contributed by atoms with Gasteiger partial charge in [-0.2, -0.15) is 22.8 Å². The van der Waals surface area contributed by atoms with Crippen molar-refractivity contribution in [2.45, 2.75) is 6.18 Å². The summed E-state index contributed by atoms with van der Waals surface area (Å²) in [6.07, 6.45) is -1.73. The van der Waals surface area contributed by atoms with E-state index in [0.29, 0.717) is 22.7 Å². The molecule has 0 aliphatic rings. The first-order valence-corrected chi connectivity index (χ1v) is 8.03. The molecule has 3 aromatic heterocycles. The highest BCUT2D eigenvalue weighted by Gasteiger charge is 2.38. The molecule has 0 saturated carbocycles. The highest BCUT2D eigenvalue weighted by molar-refractivity contribution is 5.95. The van der Waals surface area contributed by atoms with Gasteiger partial charge in [0.2, 0.25) is 0 Å². The van der Waals surface area contributed by atoms with E-state index in [0.717, 1.165) is 5.56 Å². The van der Waals surface area contributed by atoms with Crippen LogP contribution >= 0.6 is 0 Å². The minimum atomic E-state index is -4.96. The number of carbonyl (C=O) groups is 1. The SMILES string of the molecule is O=C(Nc1cccc(-c2ccc3nnc(-c4ccncc4)n3n2)c1)C(F)(F)F. The second-order valence-electron chi connectivity index (χ2n) is 5.78. The average molecular weight is 384 g/mol. The van der Waals surface area contributed by atoms with E-state index in [2.05, 4.69) is 20.3 Å². The first-order valence-electron chi connectivity index (χ1n) is 8.03. The largest absolute Gasteiger partial charge is 0.471 e. The van der Waals surface area contributed by atoms with E-state index in [1.165, 1.54) is 22.7 Å². The van der Waals surface area contributed by atoms with Crippen LogP contribution in [0.2, 0.25) is 0 Å². The molecule has 0 atom stereocenters. The fraction of sp³-hybridized carbons (Fsp3) is 0.0556. The number of aromatic nitrogens is 5. The molecule has 7 nitrogen and oxygen atoms in total. The normalized spacial score (nSPS) is 11.5. The third kappa shape index (κ3) is 3.39. The molecule has 3 heterocycles. The lowest BCUT2D eigenvalue weighted by Crippen LogP contribution is -2.29. The van der Waals surface area contributed by atoms with Crippen LogP contribution in [-0.4, -0.2) is 36.9 Å². The summed E-state index contributed by atoms with van der Waals surface area (Å²) in [6, 6.07) is 12.9. The molecule has 0 unspecified atom stereocenters. The van der Waals surface area contributed by atoms with E-state index in [9.17, 15) is 18.0 Å². The van der Waals surface area contributed by atoms with Crippen molar-refractivity contribution in [2.24, 2.45) is 0 Å². The van der Waals surface area contributed by atoms with Crippen LogP contribution in [0.1, 0.15) is 0 Å². The summed E-state index contributed by atoms with van der Waals surface area (Å²) in [5.41, 5.74) is 2.29. The molecule has 10 heteroatoms. The van der Waals surface area contributed by atoms with Gasteiger partial charge in [0.25, 0.3) is 0 Å². The van der Waals surface area contributed by atoms with Gasteiger partial charge in [-0.25, -0.2) is 0 Å². The number of anilines is 1. The first kappa shape index (κ1) is 17.6. The second kappa shape index (κ2) is 6.72. The van der Waals surface area contributed by atoms with Gasteiger partial charge in [0.1, 0.15) is 0 Å². The summed E-state index contributed by atoms with van der Waals surface area (Å²) in [6.45, 7) is 0. The molecule has 28 heavy (non-hydrogen) atoms. The number of fused-ring (bicyclic) bond motifs is 1. The molecule has 0 radical (unpaired) electrons. The molecule has 1 aromatic carbocycles. The molecule has 1 N–H and O–H groups in total. The van der Waals surface area contributed by atoms with Gasteiger partial charge < -0.3 is 5.32 Å². The molecule has 0 bridgehead atoms. The van der Waals surface area contributed by atoms with Crippen molar-refractivity contribution < 1.29 is 18.0 Å². The van der Waals surface area contributed by atoms with Gasteiger partial charge in [-0.05, 0) is 36.4 Å². The van der Waals surface area contributed by atoms with Crippen molar-refractivity contribution >= 4 is 17.2 Å². The summed E-state index contributed by atoms with van der Waals surface area (Å²) in [5, 5.41) is 14.5. The van der Waals surface area contributed by atoms with Crippen LogP contribution in [-0.2, 0) is 4.79 Å². The molecule has 0 fully saturated rings. The van der Waals surface area contributed by atoms with Crippen molar-refractivity contribution in [3.05, 3.63) is 60.9 Å². The average Bonchev–Trinajstić information content (AvgIpc) is 3.11. The Morgan fingerprint density at radius 2 is 1.75 bits per heavy atom. The molecular formula is C18H11F3N6O. The third-order valence-electron chi connectivity index (χ3n) is 3.88. The van der Waals surface area contributed by atoms with Crippen LogP contribution in [0.5, 0.6) is 0 Å². The van der Waals surface area contributed by atoms with Gasteiger partial charge in [-0.15, -0.1) is 10.2 Å². The zero-order valence-electron chi connectivity index (χ0n) is 14.1. The number of hydrogen-bond donors (Lipinski definition) is 1. The number of pyridine rings is 1. The van der Waals surface area contributed by atoms with Gasteiger partial charge in [0.05, 0.1) is 5.69 Å². The number of alkyl halides is 3. The highest BCUT2D eigenvalue weighted by Crippen LogP contribution is 2.24. The van der Waals surface area contributed by atoms with Crippen LogP contribution in [0, 0.1) is 0 Å². The van der Waals surface area contributed by atoms with E-state index in [-0.39, 0.29) is 5.69 Å². The summed E-state index contributed by atoms with van der Waals surface area (Å²) < 4.78 is 38.9. The molecule has 0 aliphatic carbocycles. The van der Waals surface area contributed by atoms with E-state index in [1.807, 2.05) is 5.32 Å².